The number of halogens is 1. The van der Waals surface area contributed by atoms with Crippen LogP contribution in [-0.2, 0) is 6.54 Å². The van der Waals surface area contributed by atoms with Crippen molar-refractivity contribution in [2.75, 3.05) is 49.2 Å². The Labute approximate surface area is 206 Å². The Kier molecular flexibility index (Phi) is 6.12. The molecule has 5 N–H and O–H groups in total. The normalized spacial score (nSPS) is 16.4. The number of hydrogen-bond donors (Lipinski definition) is 3. The molecule has 0 atom stereocenters. The number of carbonyl (C=O) groups excluding carboxylic acids is 1. The summed E-state index contributed by atoms with van der Waals surface area (Å²) < 4.78 is 22.4. The molecule has 1 aliphatic carbocycles. The number of carbonyl (C=O) groups is 1. The monoisotopic (exact) mass is 496 g/mol. The number of methoxy groups -OCH3 is 1. The molecule has 1 saturated heterocycles. The number of primary amides is 1. The number of anilines is 4. The standard InChI is InChI=1S/C24H29FN8O3/c1-3-33-21(26)17(22(27)35)19(34)14-12-28-24(30-23(14)33)29-15-6-7-16(18(25)20(15)36-2)32-10-8-31(9-11-32)13-4-5-13/h6-7,12-13H,3-5,8-11,26H2,1-2H3,(H2,27,35)(H,28,29,30). The first kappa shape index (κ1) is 23.8. The maximum absolute atomic E-state index is 15.5. The number of amides is 1. The van der Waals surface area contributed by atoms with Gasteiger partial charge in [0.25, 0.3) is 5.91 Å². The van der Waals surface area contributed by atoms with E-state index in [0.29, 0.717) is 24.0 Å². The van der Waals surface area contributed by atoms with E-state index in [1.54, 1.807) is 19.1 Å². The van der Waals surface area contributed by atoms with Gasteiger partial charge in [-0.25, -0.2) is 9.37 Å². The maximum atomic E-state index is 15.5. The number of fused-ring (bicyclic) bond motifs is 1. The van der Waals surface area contributed by atoms with Crippen molar-refractivity contribution in [1.29, 1.82) is 0 Å². The molecule has 11 nitrogen and oxygen atoms in total. The predicted molar refractivity (Wildman–Crippen MR) is 135 cm³/mol. The SMILES string of the molecule is CCn1c(N)c(C(N)=O)c(=O)c2cnc(Nc3ccc(N4CCN(C5CC5)CC4)c(F)c3OC)nc21. The number of ether oxygens (including phenoxy) is 1. The number of nitrogens with two attached hydrogens (primary N) is 2. The Hall–Kier alpha value is -3.93. The van der Waals surface area contributed by atoms with Gasteiger partial charge in [0.05, 0.1) is 23.9 Å². The van der Waals surface area contributed by atoms with E-state index >= 15 is 4.39 Å². The van der Waals surface area contributed by atoms with Crippen LogP contribution in [0, 0.1) is 5.82 Å². The molecule has 0 unspecified atom stereocenters. The summed E-state index contributed by atoms with van der Waals surface area (Å²) in [6.45, 7) is 5.46. The van der Waals surface area contributed by atoms with Crippen LogP contribution in [0.5, 0.6) is 5.75 Å². The average Bonchev–Trinajstić information content (AvgIpc) is 3.70. The summed E-state index contributed by atoms with van der Waals surface area (Å²) in [5.74, 6) is -1.31. The van der Waals surface area contributed by atoms with Gasteiger partial charge < -0.3 is 31.0 Å². The van der Waals surface area contributed by atoms with E-state index in [-0.39, 0.29) is 34.1 Å². The van der Waals surface area contributed by atoms with E-state index in [1.165, 1.54) is 30.7 Å². The van der Waals surface area contributed by atoms with Crippen molar-refractivity contribution < 1.29 is 13.9 Å². The minimum absolute atomic E-state index is 0.0392. The zero-order valence-electron chi connectivity index (χ0n) is 20.3. The van der Waals surface area contributed by atoms with Crippen LogP contribution in [0.25, 0.3) is 11.0 Å². The van der Waals surface area contributed by atoms with Gasteiger partial charge in [-0.1, -0.05) is 0 Å². The molecule has 36 heavy (non-hydrogen) atoms. The van der Waals surface area contributed by atoms with Crippen molar-refractivity contribution in [3.8, 4) is 5.75 Å². The Balaban J connectivity index is 1.46. The highest BCUT2D eigenvalue weighted by Crippen LogP contribution is 2.37. The molecular weight excluding hydrogens is 467 g/mol. The molecule has 1 aliphatic heterocycles. The number of nitrogens with one attached hydrogen (secondary N) is 1. The lowest BCUT2D eigenvalue weighted by Gasteiger charge is -2.36. The molecule has 1 amide bonds. The topological polar surface area (TPSA) is 145 Å². The second kappa shape index (κ2) is 9.26. The van der Waals surface area contributed by atoms with Crippen molar-refractivity contribution in [2.45, 2.75) is 32.4 Å². The van der Waals surface area contributed by atoms with Gasteiger partial charge in [-0.2, -0.15) is 4.98 Å². The minimum atomic E-state index is -0.918. The minimum Gasteiger partial charge on any atom is -0.492 e. The smallest absolute Gasteiger partial charge is 0.256 e. The van der Waals surface area contributed by atoms with Crippen LogP contribution in [0.15, 0.2) is 23.1 Å². The van der Waals surface area contributed by atoms with Crippen LogP contribution in [-0.4, -0.2) is 64.7 Å². The summed E-state index contributed by atoms with van der Waals surface area (Å²) in [7, 11) is 1.40. The second-order valence-corrected chi connectivity index (χ2v) is 8.99. The molecule has 2 aliphatic rings. The fraction of sp³-hybridized carbons (Fsp3) is 0.417. The predicted octanol–water partition coefficient (Wildman–Crippen LogP) is 1.67. The summed E-state index contributed by atoms with van der Waals surface area (Å²) >= 11 is 0. The lowest BCUT2D eigenvalue weighted by molar-refractivity contribution is 0.1000. The van der Waals surface area contributed by atoms with Gasteiger partial charge >= 0.3 is 0 Å². The third kappa shape index (κ3) is 4.06. The molecule has 1 saturated carbocycles. The largest absolute Gasteiger partial charge is 0.492 e. The van der Waals surface area contributed by atoms with Gasteiger partial charge in [0.15, 0.2) is 17.2 Å². The van der Waals surface area contributed by atoms with Gasteiger partial charge in [0, 0.05) is 45.0 Å². The molecule has 1 aromatic carbocycles. The van der Waals surface area contributed by atoms with Crippen LogP contribution in [0.2, 0.25) is 0 Å². The van der Waals surface area contributed by atoms with E-state index in [0.717, 1.165) is 26.2 Å². The van der Waals surface area contributed by atoms with Crippen LogP contribution >= 0.6 is 0 Å². The van der Waals surface area contributed by atoms with Gasteiger partial charge in [-0.15, -0.1) is 0 Å². The number of aromatic nitrogens is 3. The number of hydrogen-bond acceptors (Lipinski definition) is 9. The van der Waals surface area contributed by atoms with Crippen molar-refractivity contribution >= 4 is 40.1 Å². The van der Waals surface area contributed by atoms with Gasteiger partial charge in [0.1, 0.15) is 11.4 Å². The van der Waals surface area contributed by atoms with E-state index in [4.69, 9.17) is 16.2 Å². The summed E-state index contributed by atoms with van der Waals surface area (Å²) in [6.07, 6.45) is 3.81. The van der Waals surface area contributed by atoms with Gasteiger partial charge in [0.2, 0.25) is 11.4 Å². The molecule has 5 rings (SSSR count). The lowest BCUT2D eigenvalue weighted by Crippen LogP contribution is -2.47. The zero-order valence-corrected chi connectivity index (χ0v) is 20.3. The molecule has 2 fully saturated rings. The number of benzene rings is 1. The molecule has 2 aromatic heterocycles. The second-order valence-electron chi connectivity index (χ2n) is 8.99. The van der Waals surface area contributed by atoms with E-state index in [9.17, 15) is 9.59 Å². The van der Waals surface area contributed by atoms with Crippen LogP contribution in [0.1, 0.15) is 30.1 Å². The van der Waals surface area contributed by atoms with Crippen molar-refractivity contribution in [3.63, 3.8) is 0 Å². The van der Waals surface area contributed by atoms with Crippen LogP contribution in [0.3, 0.4) is 0 Å². The van der Waals surface area contributed by atoms with Crippen LogP contribution in [0.4, 0.5) is 27.5 Å². The Bertz CT molecular complexity index is 1400. The highest BCUT2D eigenvalue weighted by molar-refractivity contribution is 6.00. The van der Waals surface area contributed by atoms with Crippen LogP contribution < -0.4 is 31.8 Å². The third-order valence-corrected chi connectivity index (χ3v) is 6.85. The fourth-order valence-electron chi connectivity index (χ4n) is 4.83. The maximum Gasteiger partial charge on any atom is 0.256 e. The molecule has 0 radical (unpaired) electrons. The molecular formula is C24H29FN8O3. The molecule has 12 heteroatoms. The summed E-state index contributed by atoms with van der Waals surface area (Å²) in [4.78, 5) is 37.6. The van der Waals surface area contributed by atoms with Gasteiger partial charge in [-0.05, 0) is 31.9 Å². The Morgan fingerprint density at radius 1 is 1.25 bits per heavy atom. The number of aryl methyl sites for hydroxylation is 1. The highest BCUT2D eigenvalue weighted by Gasteiger charge is 2.32. The number of rotatable bonds is 7. The summed E-state index contributed by atoms with van der Waals surface area (Å²) in [5.41, 5.74) is 11.5. The summed E-state index contributed by atoms with van der Waals surface area (Å²) in [5, 5.41) is 3.08. The third-order valence-electron chi connectivity index (χ3n) is 6.85. The molecule has 3 heterocycles. The number of nitrogens with zero attached hydrogens (tertiary/aromatic N) is 5. The first-order valence-electron chi connectivity index (χ1n) is 11.9. The van der Waals surface area contributed by atoms with E-state index < -0.39 is 17.2 Å². The summed E-state index contributed by atoms with van der Waals surface area (Å²) in [6, 6.07) is 4.13. The first-order valence-corrected chi connectivity index (χ1v) is 11.9. The quantitative estimate of drug-likeness (QED) is 0.445. The molecule has 0 spiro atoms. The lowest BCUT2D eigenvalue weighted by atomic mass is 10.1. The Morgan fingerprint density at radius 3 is 2.58 bits per heavy atom. The van der Waals surface area contributed by atoms with E-state index in [1.807, 2.05) is 4.90 Å². The van der Waals surface area contributed by atoms with Gasteiger partial charge in [-0.3, -0.25) is 14.5 Å². The van der Waals surface area contributed by atoms with E-state index in [2.05, 4.69) is 20.2 Å². The van der Waals surface area contributed by atoms with Crippen molar-refractivity contribution in [2.24, 2.45) is 5.73 Å². The van der Waals surface area contributed by atoms with Crippen molar-refractivity contribution in [3.05, 3.63) is 39.9 Å². The number of piperazine rings is 1. The zero-order chi connectivity index (χ0) is 25.6. The Morgan fingerprint density at radius 2 is 1.97 bits per heavy atom. The molecule has 3 aromatic rings. The average molecular weight is 497 g/mol. The molecule has 190 valence electrons. The first-order chi connectivity index (χ1) is 17.3. The fourth-order valence-corrected chi connectivity index (χ4v) is 4.83. The molecule has 0 bridgehead atoms. The number of pyridine rings is 1. The number of nitrogen functional groups attached to an aromatic ring is 1. The van der Waals surface area contributed by atoms with Crippen molar-refractivity contribution in [1.82, 2.24) is 19.4 Å². The highest BCUT2D eigenvalue weighted by atomic mass is 19.1.